The van der Waals surface area contributed by atoms with Gasteiger partial charge >= 0.3 is 0 Å². The molecule has 0 spiro atoms. The van der Waals surface area contributed by atoms with Gasteiger partial charge in [-0.3, -0.25) is 0 Å². The van der Waals surface area contributed by atoms with Crippen LogP contribution < -0.4 is 9.80 Å². The normalized spacial score (nSPS) is 25.1. The van der Waals surface area contributed by atoms with Crippen LogP contribution in [0.4, 0.5) is 11.8 Å². The number of hydrogen-bond donors (Lipinski definition) is 0. The summed E-state index contributed by atoms with van der Waals surface area (Å²) in [6, 6.07) is 1.20. The van der Waals surface area contributed by atoms with Gasteiger partial charge in [-0.15, -0.1) is 0 Å². The molecule has 3 rings (SSSR count). The molecule has 6 nitrogen and oxygen atoms in total. The van der Waals surface area contributed by atoms with E-state index in [1.807, 2.05) is 6.20 Å². The number of nitrogens with zero attached hydrogens (tertiary/aromatic N) is 6. The number of rotatable bonds is 4. The maximum atomic E-state index is 5.01. The van der Waals surface area contributed by atoms with Gasteiger partial charge in [0.05, 0.1) is 0 Å². The molecule has 2 fully saturated rings. The van der Waals surface area contributed by atoms with Gasteiger partial charge in [0, 0.05) is 50.0 Å². The van der Waals surface area contributed by atoms with E-state index >= 15 is 0 Å². The minimum atomic E-state index is 0.593. The van der Waals surface area contributed by atoms with Crippen molar-refractivity contribution in [3.8, 4) is 0 Å². The van der Waals surface area contributed by atoms with Gasteiger partial charge < -0.3 is 19.6 Å². The Morgan fingerprint density at radius 2 is 1.48 bits per heavy atom. The largest absolute Gasteiger partial charge is 0.355 e. The maximum Gasteiger partial charge on any atom is 0.227 e. The van der Waals surface area contributed by atoms with Crippen molar-refractivity contribution in [2.45, 2.75) is 44.7 Å². The molecule has 6 heteroatoms. The number of hydrogen-bond acceptors (Lipinski definition) is 6. The third-order valence-electron chi connectivity index (χ3n) is 5.77. The zero-order valence-corrected chi connectivity index (χ0v) is 16.6. The molecule has 0 aromatic carbocycles. The van der Waals surface area contributed by atoms with Crippen molar-refractivity contribution in [1.82, 2.24) is 19.8 Å². The first-order chi connectivity index (χ1) is 12.0. The molecule has 0 bridgehead atoms. The SMILES string of the molecule is Cc1cnc(N2CCCC(N(C)C)C2)nc1N1CCCC(N(C)C)C1. The summed E-state index contributed by atoms with van der Waals surface area (Å²) in [6.45, 7) is 6.38. The fourth-order valence-corrected chi connectivity index (χ4v) is 4.02. The lowest BCUT2D eigenvalue weighted by Gasteiger charge is -2.38. The van der Waals surface area contributed by atoms with E-state index in [9.17, 15) is 0 Å². The number of likely N-dealkylation sites (N-methyl/N-ethyl adjacent to an activating group) is 2. The zero-order valence-electron chi connectivity index (χ0n) is 16.6. The third kappa shape index (κ3) is 4.23. The van der Waals surface area contributed by atoms with Crippen molar-refractivity contribution in [2.24, 2.45) is 0 Å². The summed E-state index contributed by atoms with van der Waals surface area (Å²) in [5.41, 5.74) is 1.18. The molecule has 2 atom stereocenters. The van der Waals surface area contributed by atoms with E-state index in [0.717, 1.165) is 37.9 Å². The highest BCUT2D eigenvalue weighted by atomic mass is 15.3. The molecular weight excluding hydrogens is 312 g/mol. The summed E-state index contributed by atoms with van der Waals surface area (Å²) in [7, 11) is 8.71. The fourth-order valence-electron chi connectivity index (χ4n) is 4.02. The molecule has 1 aromatic heterocycles. The first-order valence-corrected chi connectivity index (χ1v) is 9.62. The minimum absolute atomic E-state index is 0.593. The smallest absolute Gasteiger partial charge is 0.227 e. The van der Waals surface area contributed by atoms with E-state index in [2.05, 4.69) is 59.7 Å². The van der Waals surface area contributed by atoms with Gasteiger partial charge in [-0.2, -0.15) is 4.98 Å². The molecule has 2 unspecified atom stereocenters. The second-order valence-electron chi connectivity index (χ2n) is 8.09. The minimum Gasteiger partial charge on any atom is -0.355 e. The molecule has 3 heterocycles. The van der Waals surface area contributed by atoms with Gasteiger partial charge in [0.25, 0.3) is 0 Å². The lowest BCUT2D eigenvalue weighted by atomic mass is 10.0. The summed E-state index contributed by atoms with van der Waals surface area (Å²) >= 11 is 0. The number of piperidine rings is 2. The first kappa shape index (κ1) is 18.4. The van der Waals surface area contributed by atoms with Crippen LogP contribution >= 0.6 is 0 Å². The van der Waals surface area contributed by atoms with Crippen LogP contribution in [-0.2, 0) is 0 Å². The van der Waals surface area contributed by atoms with Crippen molar-refractivity contribution in [2.75, 3.05) is 64.2 Å². The molecule has 2 aliphatic rings. The second kappa shape index (κ2) is 7.87. The van der Waals surface area contributed by atoms with Crippen molar-refractivity contribution in [3.05, 3.63) is 11.8 Å². The van der Waals surface area contributed by atoms with Crippen LogP contribution in [0.2, 0.25) is 0 Å². The molecule has 0 saturated carbocycles. The van der Waals surface area contributed by atoms with Crippen LogP contribution in [0, 0.1) is 6.92 Å². The van der Waals surface area contributed by atoms with Crippen molar-refractivity contribution in [1.29, 1.82) is 0 Å². The second-order valence-corrected chi connectivity index (χ2v) is 8.09. The zero-order chi connectivity index (χ0) is 18.0. The highest BCUT2D eigenvalue weighted by molar-refractivity contribution is 5.50. The summed E-state index contributed by atoms with van der Waals surface area (Å²) in [5.74, 6) is 2.03. The molecule has 0 radical (unpaired) electrons. The fraction of sp³-hybridized carbons (Fsp3) is 0.789. The van der Waals surface area contributed by atoms with Crippen LogP contribution in [0.5, 0.6) is 0 Å². The average molecular weight is 347 g/mol. The Balaban J connectivity index is 1.78. The Morgan fingerprint density at radius 3 is 2.08 bits per heavy atom. The van der Waals surface area contributed by atoms with E-state index < -0.39 is 0 Å². The van der Waals surface area contributed by atoms with Gasteiger partial charge in [-0.05, 0) is 60.8 Å². The summed E-state index contributed by atoms with van der Waals surface area (Å²) in [4.78, 5) is 19.2. The third-order valence-corrected chi connectivity index (χ3v) is 5.77. The summed E-state index contributed by atoms with van der Waals surface area (Å²) < 4.78 is 0. The summed E-state index contributed by atoms with van der Waals surface area (Å²) in [6.07, 6.45) is 6.99. The average Bonchev–Trinajstić information content (AvgIpc) is 2.62. The van der Waals surface area contributed by atoms with Crippen LogP contribution in [-0.4, -0.2) is 86.2 Å². The van der Waals surface area contributed by atoms with E-state index in [1.54, 1.807) is 0 Å². The number of aryl methyl sites for hydroxylation is 1. The van der Waals surface area contributed by atoms with Gasteiger partial charge in [-0.25, -0.2) is 4.98 Å². The van der Waals surface area contributed by atoms with Gasteiger partial charge in [0.15, 0.2) is 0 Å². The molecule has 25 heavy (non-hydrogen) atoms. The quantitative estimate of drug-likeness (QED) is 0.828. The van der Waals surface area contributed by atoms with Gasteiger partial charge in [0.1, 0.15) is 5.82 Å². The Bertz CT molecular complexity index is 573. The molecular formula is C19H34N6. The van der Waals surface area contributed by atoms with E-state index in [0.29, 0.717) is 12.1 Å². The van der Waals surface area contributed by atoms with Crippen LogP contribution in [0.3, 0.4) is 0 Å². The van der Waals surface area contributed by atoms with Crippen LogP contribution in [0.1, 0.15) is 31.2 Å². The molecule has 1 aromatic rings. The molecule has 140 valence electrons. The van der Waals surface area contributed by atoms with Crippen molar-refractivity contribution in [3.63, 3.8) is 0 Å². The predicted octanol–water partition coefficient (Wildman–Crippen LogP) is 1.85. The highest BCUT2D eigenvalue weighted by Crippen LogP contribution is 2.26. The maximum absolute atomic E-state index is 5.01. The Morgan fingerprint density at radius 1 is 0.920 bits per heavy atom. The molecule has 2 saturated heterocycles. The summed E-state index contributed by atoms with van der Waals surface area (Å²) in [5, 5.41) is 0. The van der Waals surface area contributed by atoms with Crippen LogP contribution in [0.15, 0.2) is 6.20 Å². The standard InChI is InChI=1S/C19H34N6/c1-15-12-20-19(25-11-7-9-17(14-25)23(4)5)21-18(15)24-10-6-8-16(13-24)22(2)3/h12,16-17H,6-11,13-14H2,1-5H3. The van der Waals surface area contributed by atoms with E-state index in [1.165, 1.54) is 31.2 Å². The Labute approximate surface area is 152 Å². The monoisotopic (exact) mass is 346 g/mol. The Hall–Kier alpha value is -1.40. The van der Waals surface area contributed by atoms with Crippen LogP contribution in [0.25, 0.3) is 0 Å². The van der Waals surface area contributed by atoms with Gasteiger partial charge in [-0.1, -0.05) is 0 Å². The van der Waals surface area contributed by atoms with E-state index in [4.69, 9.17) is 4.98 Å². The first-order valence-electron chi connectivity index (χ1n) is 9.62. The molecule has 0 N–H and O–H groups in total. The lowest BCUT2D eigenvalue weighted by Crippen LogP contribution is -2.47. The highest BCUT2D eigenvalue weighted by Gasteiger charge is 2.26. The number of anilines is 2. The molecule has 2 aliphatic heterocycles. The topological polar surface area (TPSA) is 38.7 Å². The molecule has 0 aliphatic carbocycles. The van der Waals surface area contributed by atoms with Crippen molar-refractivity contribution >= 4 is 11.8 Å². The lowest BCUT2D eigenvalue weighted by molar-refractivity contribution is 0.256. The van der Waals surface area contributed by atoms with Gasteiger partial charge in [0.2, 0.25) is 5.95 Å². The number of aromatic nitrogens is 2. The van der Waals surface area contributed by atoms with Crippen molar-refractivity contribution < 1.29 is 0 Å². The Kier molecular flexibility index (Phi) is 5.79. The predicted molar refractivity (Wildman–Crippen MR) is 105 cm³/mol. The molecule has 0 amide bonds. The van der Waals surface area contributed by atoms with E-state index in [-0.39, 0.29) is 0 Å².